The summed E-state index contributed by atoms with van der Waals surface area (Å²) in [5, 5.41) is 10.9. The molecule has 1 aromatic carbocycles. The second-order valence-electron chi connectivity index (χ2n) is 4.05. The molecule has 0 unspecified atom stereocenters. The zero-order chi connectivity index (χ0) is 13.9. The molecule has 0 amide bonds. The Labute approximate surface area is 129 Å². The van der Waals surface area contributed by atoms with Crippen molar-refractivity contribution < 1.29 is 4.79 Å². The Balaban J connectivity index is 1.79. The van der Waals surface area contributed by atoms with E-state index < -0.39 is 0 Å². The maximum absolute atomic E-state index is 12.1. The van der Waals surface area contributed by atoms with E-state index in [0.29, 0.717) is 15.0 Å². The highest BCUT2D eigenvalue weighted by Gasteiger charge is 2.11. The van der Waals surface area contributed by atoms with Gasteiger partial charge in [-0.05, 0) is 12.1 Å². The lowest BCUT2D eigenvalue weighted by molar-refractivity contribution is 0.102. The molecule has 0 aliphatic heterocycles. The van der Waals surface area contributed by atoms with Crippen molar-refractivity contribution in [1.29, 1.82) is 0 Å². The maximum Gasteiger partial charge on any atom is 0.183 e. The molecule has 2 heterocycles. The van der Waals surface area contributed by atoms with Gasteiger partial charge >= 0.3 is 0 Å². The van der Waals surface area contributed by atoms with E-state index in [1.165, 1.54) is 23.1 Å². The quantitative estimate of drug-likeness (QED) is 0.530. The van der Waals surface area contributed by atoms with Gasteiger partial charge in [-0.1, -0.05) is 47.6 Å². The number of hydrogen-bond acceptors (Lipinski definition) is 5. The van der Waals surface area contributed by atoms with Crippen LogP contribution in [0, 0.1) is 0 Å². The molecule has 0 fully saturated rings. The first-order valence-electron chi connectivity index (χ1n) is 5.86. The third kappa shape index (κ3) is 2.85. The van der Waals surface area contributed by atoms with E-state index in [1.807, 2.05) is 24.3 Å². The van der Waals surface area contributed by atoms with Crippen molar-refractivity contribution in [1.82, 2.24) is 10.2 Å². The third-order valence-electron chi connectivity index (χ3n) is 2.72. The number of nitrogens with zero attached hydrogens (tertiary/aromatic N) is 2. The number of carbonyl (C=O) groups excluding carboxylic acids is 1. The van der Waals surface area contributed by atoms with Gasteiger partial charge in [0, 0.05) is 10.8 Å². The SMILES string of the molecule is O=C(CSc1nncc2ccccc12)c1ccc(Cl)s1. The van der Waals surface area contributed by atoms with Crippen LogP contribution in [0.3, 0.4) is 0 Å². The first-order valence-corrected chi connectivity index (χ1v) is 8.04. The van der Waals surface area contributed by atoms with E-state index in [2.05, 4.69) is 10.2 Å². The summed E-state index contributed by atoms with van der Waals surface area (Å²) >= 11 is 8.54. The molecule has 0 atom stereocenters. The fourth-order valence-corrected chi connectivity index (χ4v) is 3.72. The first-order chi connectivity index (χ1) is 9.74. The Morgan fingerprint density at radius 3 is 2.90 bits per heavy atom. The molecule has 3 rings (SSSR count). The van der Waals surface area contributed by atoms with Crippen molar-refractivity contribution in [2.75, 3.05) is 5.75 Å². The normalized spacial score (nSPS) is 10.8. The van der Waals surface area contributed by atoms with Crippen molar-refractivity contribution in [3.8, 4) is 0 Å². The predicted octanol–water partition coefficient (Wildman–Crippen LogP) is 4.32. The minimum absolute atomic E-state index is 0.0571. The van der Waals surface area contributed by atoms with Crippen molar-refractivity contribution in [2.24, 2.45) is 0 Å². The van der Waals surface area contributed by atoms with Crippen LogP contribution in [-0.4, -0.2) is 21.7 Å². The molecule has 0 spiro atoms. The van der Waals surface area contributed by atoms with Gasteiger partial charge in [0.2, 0.25) is 0 Å². The van der Waals surface area contributed by atoms with Gasteiger partial charge in [-0.25, -0.2) is 0 Å². The summed E-state index contributed by atoms with van der Waals surface area (Å²) in [5.41, 5.74) is 0. The van der Waals surface area contributed by atoms with Crippen molar-refractivity contribution in [3.05, 3.63) is 51.8 Å². The van der Waals surface area contributed by atoms with Crippen LogP contribution in [0.2, 0.25) is 4.34 Å². The van der Waals surface area contributed by atoms with E-state index in [9.17, 15) is 4.79 Å². The molecule has 0 radical (unpaired) electrons. The number of thioether (sulfide) groups is 1. The molecule has 3 nitrogen and oxygen atoms in total. The minimum Gasteiger partial charge on any atom is -0.292 e. The number of hydrogen-bond donors (Lipinski definition) is 0. The lowest BCUT2D eigenvalue weighted by atomic mass is 10.2. The Kier molecular flexibility index (Phi) is 4.00. The van der Waals surface area contributed by atoms with Gasteiger partial charge in [0.05, 0.1) is 21.2 Å². The van der Waals surface area contributed by atoms with E-state index in [-0.39, 0.29) is 5.78 Å². The highest BCUT2D eigenvalue weighted by molar-refractivity contribution is 8.00. The predicted molar refractivity (Wildman–Crippen MR) is 83.9 cm³/mol. The summed E-state index contributed by atoms with van der Waals surface area (Å²) < 4.78 is 0.628. The Hall–Kier alpha value is -1.43. The second-order valence-corrected chi connectivity index (χ2v) is 6.73. The Morgan fingerprint density at radius 2 is 2.10 bits per heavy atom. The molecule has 3 aromatic rings. The molecule has 0 aliphatic carbocycles. The monoisotopic (exact) mass is 320 g/mol. The number of thiophene rings is 1. The zero-order valence-corrected chi connectivity index (χ0v) is 12.6. The number of carbonyl (C=O) groups is 1. The van der Waals surface area contributed by atoms with Gasteiger partial charge in [0.1, 0.15) is 5.03 Å². The largest absolute Gasteiger partial charge is 0.292 e. The van der Waals surface area contributed by atoms with E-state index in [0.717, 1.165) is 15.8 Å². The van der Waals surface area contributed by atoms with E-state index in [4.69, 9.17) is 11.6 Å². The highest BCUT2D eigenvalue weighted by Crippen LogP contribution is 2.27. The number of aromatic nitrogens is 2. The average molecular weight is 321 g/mol. The van der Waals surface area contributed by atoms with Crippen LogP contribution in [-0.2, 0) is 0 Å². The third-order valence-corrected chi connectivity index (χ3v) is 4.98. The van der Waals surface area contributed by atoms with Crippen LogP contribution in [0.1, 0.15) is 9.67 Å². The lowest BCUT2D eigenvalue weighted by Gasteiger charge is -2.03. The summed E-state index contributed by atoms with van der Waals surface area (Å²) in [4.78, 5) is 12.7. The molecule has 0 bridgehead atoms. The lowest BCUT2D eigenvalue weighted by Crippen LogP contribution is -2.00. The van der Waals surface area contributed by atoms with Gasteiger partial charge < -0.3 is 0 Å². The average Bonchev–Trinajstić information content (AvgIpc) is 2.91. The number of ketones is 1. The van der Waals surface area contributed by atoms with Gasteiger partial charge in [-0.2, -0.15) is 5.10 Å². The standard InChI is InChI=1S/C14H9ClN2OS2/c15-13-6-5-12(20-13)11(18)8-19-14-10-4-2-1-3-9(10)7-16-17-14/h1-7H,8H2. The fourth-order valence-electron chi connectivity index (χ4n) is 1.78. The molecule has 0 N–H and O–H groups in total. The number of halogens is 1. The number of rotatable bonds is 4. The molecular weight excluding hydrogens is 312 g/mol. The van der Waals surface area contributed by atoms with Gasteiger partial charge in [-0.3, -0.25) is 4.79 Å². The van der Waals surface area contributed by atoms with Crippen LogP contribution in [0.15, 0.2) is 47.6 Å². The molecular formula is C14H9ClN2OS2. The van der Waals surface area contributed by atoms with Crippen molar-refractivity contribution in [3.63, 3.8) is 0 Å². The van der Waals surface area contributed by atoms with Gasteiger partial charge in [0.25, 0.3) is 0 Å². The van der Waals surface area contributed by atoms with Crippen molar-refractivity contribution >= 4 is 51.3 Å². The van der Waals surface area contributed by atoms with Crippen LogP contribution < -0.4 is 0 Å². The summed E-state index contributed by atoms with van der Waals surface area (Å²) in [6.07, 6.45) is 1.72. The molecule has 20 heavy (non-hydrogen) atoms. The maximum atomic E-state index is 12.1. The topological polar surface area (TPSA) is 42.9 Å². The fraction of sp³-hybridized carbons (Fsp3) is 0.0714. The first kappa shape index (κ1) is 13.5. The smallest absolute Gasteiger partial charge is 0.183 e. The summed E-state index contributed by atoms with van der Waals surface area (Å²) in [6.45, 7) is 0. The van der Waals surface area contributed by atoms with Crippen molar-refractivity contribution in [2.45, 2.75) is 5.03 Å². The number of Topliss-reactive ketones (excluding diaryl/α,β-unsaturated/α-hetero) is 1. The minimum atomic E-state index is 0.0571. The summed E-state index contributed by atoms with van der Waals surface area (Å²) in [7, 11) is 0. The van der Waals surface area contributed by atoms with Crippen LogP contribution >= 0.6 is 34.7 Å². The van der Waals surface area contributed by atoms with Crippen LogP contribution in [0.4, 0.5) is 0 Å². The number of benzene rings is 1. The van der Waals surface area contributed by atoms with Crippen LogP contribution in [0.5, 0.6) is 0 Å². The van der Waals surface area contributed by atoms with E-state index >= 15 is 0 Å². The second kappa shape index (κ2) is 5.91. The molecule has 100 valence electrons. The molecule has 2 aromatic heterocycles. The summed E-state index contributed by atoms with van der Waals surface area (Å²) in [6, 6.07) is 11.4. The molecule has 0 saturated carbocycles. The highest BCUT2D eigenvalue weighted by atomic mass is 35.5. The molecule has 0 saturated heterocycles. The summed E-state index contributed by atoms with van der Waals surface area (Å²) in [5.74, 6) is 0.390. The number of fused-ring (bicyclic) bond motifs is 1. The molecule has 0 aliphatic rings. The van der Waals surface area contributed by atoms with Crippen LogP contribution in [0.25, 0.3) is 10.8 Å². The Bertz CT molecular complexity index is 767. The van der Waals surface area contributed by atoms with Gasteiger partial charge in [0.15, 0.2) is 5.78 Å². The Morgan fingerprint density at radius 1 is 1.25 bits per heavy atom. The van der Waals surface area contributed by atoms with E-state index in [1.54, 1.807) is 18.3 Å². The van der Waals surface area contributed by atoms with Gasteiger partial charge in [-0.15, -0.1) is 16.4 Å². The zero-order valence-electron chi connectivity index (χ0n) is 10.2. The molecule has 6 heteroatoms.